The highest BCUT2D eigenvalue weighted by Crippen LogP contribution is 2.29. The van der Waals surface area contributed by atoms with Crippen LogP contribution in [0.1, 0.15) is 19.3 Å². The second kappa shape index (κ2) is 5.92. The summed E-state index contributed by atoms with van der Waals surface area (Å²) in [5, 5.41) is 8.89. The van der Waals surface area contributed by atoms with E-state index in [4.69, 9.17) is 10.8 Å². The topological polar surface area (TPSA) is 86.9 Å². The summed E-state index contributed by atoms with van der Waals surface area (Å²) in [5.41, 5.74) is 5.35. The Labute approximate surface area is 97.2 Å². The Hall–Kier alpha value is -0.210. The molecule has 0 aliphatic heterocycles. The van der Waals surface area contributed by atoms with Gasteiger partial charge in [-0.2, -0.15) is 17.0 Å². The smallest absolute Gasteiger partial charge is 0.282 e. The molecule has 0 bridgehead atoms. The molecule has 0 radical (unpaired) electrons. The summed E-state index contributed by atoms with van der Waals surface area (Å²) in [4.78, 5) is 0. The number of hydrogen-bond donors (Lipinski definition) is 2. The predicted molar refractivity (Wildman–Crippen MR) is 62.0 cm³/mol. The van der Waals surface area contributed by atoms with Gasteiger partial charge in [0.25, 0.3) is 10.2 Å². The molecular weight excluding hydrogens is 230 g/mol. The molecule has 1 aliphatic carbocycles. The number of aliphatic hydroxyl groups excluding tert-OH is 1. The molecule has 0 spiro atoms. The van der Waals surface area contributed by atoms with Crippen LogP contribution in [-0.4, -0.2) is 61.5 Å². The van der Waals surface area contributed by atoms with Crippen LogP contribution < -0.4 is 5.73 Å². The fourth-order valence-electron chi connectivity index (χ4n) is 1.56. The number of rotatable bonds is 8. The van der Waals surface area contributed by atoms with Crippen molar-refractivity contribution in [2.24, 2.45) is 5.73 Å². The van der Waals surface area contributed by atoms with Crippen molar-refractivity contribution in [3.63, 3.8) is 0 Å². The van der Waals surface area contributed by atoms with Crippen LogP contribution in [-0.2, 0) is 10.2 Å². The third kappa shape index (κ3) is 3.39. The molecule has 1 rings (SSSR count). The second-order valence-corrected chi connectivity index (χ2v) is 6.03. The molecule has 16 heavy (non-hydrogen) atoms. The summed E-state index contributed by atoms with van der Waals surface area (Å²) < 4.78 is 26.9. The maximum Gasteiger partial charge on any atom is 0.282 e. The van der Waals surface area contributed by atoms with E-state index in [1.165, 1.54) is 8.61 Å². The van der Waals surface area contributed by atoms with Crippen LogP contribution in [0.15, 0.2) is 0 Å². The number of nitrogens with two attached hydrogens (primary N) is 1. The van der Waals surface area contributed by atoms with Crippen LogP contribution >= 0.6 is 0 Å². The average molecular weight is 251 g/mol. The van der Waals surface area contributed by atoms with Crippen LogP contribution in [0, 0.1) is 0 Å². The highest BCUT2D eigenvalue weighted by Gasteiger charge is 2.38. The normalized spacial score (nSPS) is 17.3. The third-order valence-corrected chi connectivity index (χ3v) is 4.69. The highest BCUT2D eigenvalue weighted by atomic mass is 32.2. The molecule has 96 valence electrons. The molecule has 0 unspecified atom stereocenters. The molecular formula is C9H21N3O3S. The Bertz CT molecular complexity index is 303. The van der Waals surface area contributed by atoms with E-state index < -0.39 is 10.2 Å². The number of hydrogen-bond acceptors (Lipinski definition) is 4. The molecule has 0 amide bonds. The fraction of sp³-hybridized carbons (Fsp3) is 1.00. The number of aliphatic hydroxyl groups is 1. The van der Waals surface area contributed by atoms with Gasteiger partial charge in [0, 0.05) is 26.2 Å². The predicted octanol–water partition coefficient (Wildman–Crippen LogP) is -1.03. The Morgan fingerprint density at radius 3 is 2.44 bits per heavy atom. The SMILES string of the molecule is CN(CCCN)S(=O)(=O)N(CCO)C1CC1. The van der Waals surface area contributed by atoms with Crippen LogP contribution in [0.25, 0.3) is 0 Å². The van der Waals surface area contributed by atoms with Crippen LogP contribution in [0.4, 0.5) is 0 Å². The molecule has 0 heterocycles. The lowest BCUT2D eigenvalue weighted by molar-refractivity contribution is 0.242. The van der Waals surface area contributed by atoms with E-state index in [2.05, 4.69) is 0 Å². The highest BCUT2D eigenvalue weighted by molar-refractivity contribution is 7.86. The van der Waals surface area contributed by atoms with Crippen molar-refractivity contribution >= 4 is 10.2 Å². The minimum Gasteiger partial charge on any atom is -0.395 e. The van der Waals surface area contributed by atoms with Gasteiger partial charge in [-0.05, 0) is 25.8 Å². The van der Waals surface area contributed by atoms with Gasteiger partial charge in [0.05, 0.1) is 6.61 Å². The van der Waals surface area contributed by atoms with Gasteiger partial charge < -0.3 is 10.8 Å². The van der Waals surface area contributed by atoms with Gasteiger partial charge in [-0.3, -0.25) is 0 Å². The van der Waals surface area contributed by atoms with Gasteiger partial charge in [-0.25, -0.2) is 0 Å². The molecule has 7 heteroatoms. The molecule has 3 N–H and O–H groups in total. The van der Waals surface area contributed by atoms with Crippen LogP contribution in [0.2, 0.25) is 0 Å². The average Bonchev–Trinajstić information content (AvgIpc) is 3.05. The Morgan fingerprint density at radius 1 is 1.38 bits per heavy atom. The lowest BCUT2D eigenvalue weighted by atomic mass is 10.4. The van der Waals surface area contributed by atoms with Gasteiger partial charge in [0.15, 0.2) is 0 Å². The summed E-state index contributed by atoms with van der Waals surface area (Å²) in [6, 6.07) is 0.0810. The lowest BCUT2D eigenvalue weighted by Gasteiger charge is -2.26. The molecule has 1 fully saturated rings. The van der Waals surface area contributed by atoms with Crippen molar-refractivity contribution in [1.82, 2.24) is 8.61 Å². The molecule has 0 aromatic heterocycles. The van der Waals surface area contributed by atoms with Crippen molar-refractivity contribution in [2.75, 3.05) is 33.3 Å². The van der Waals surface area contributed by atoms with Gasteiger partial charge >= 0.3 is 0 Å². The fourth-order valence-corrected chi connectivity index (χ4v) is 3.17. The molecule has 0 atom stereocenters. The van der Waals surface area contributed by atoms with E-state index in [9.17, 15) is 8.42 Å². The maximum absolute atomic E-state index is 12.1. The minimum absolute atomic E-state index is 0.0810. The Morgan fingerprint density at radius 2 is 2.00 bits per heavy atom. The minimum atomic E-state index is -3.42. The standard InChI is InChI=1S/C9H21N3O3S/c1-11(6-2-5-10)16(14,15)12(7-8-13)9-3-4-9/h9,13H,2-8,10H2,1H3. The number of nitrogens with zero attached hydrogens (tertiary/aromatic N) is 2. The van der Waals surface area contributed by atoms with Crippen molar-refractivity contribution in [1.29, 1.82) is 0 Å². The van der Waals surface area contributed by atoms with Crippen molar-refractivity contribution in [2.45, 2.75) is 25.3 Å². The van der Waals surface area contributed by atoms with E-state index in [-0.39, 0.29) is 19.2 Å². The summed E-state index contributed by atoms with van der Waals surface area (Å²) in [5.74, 6) is 0. The Kier molecular flexibility index (Phi) is 5.13. The first-order valence-electron chi connectivity index (χ1n) is 5.58. The van der Waals surface area contributed by atoms with Crippen molar-refractivity contribution in [3.8, 4) is 0 Å². The van der Waals surface area contributed by atoms with E-state index in [0.29, 0.717) is 19.5 Å². The van der Waals surface area contributed by atoms with Gasteiger partial charge in [-0.1, -0.05) is 0 Å². The first-order valence-corrected chi connectivity index (χ1v) is 6.97. The van der Waals surface area contributed by atoms with Crippen LogP contribution in [0.5, 0.6) is 0 Å². The largest absolute Gasteiger partial charge is 0.395 e. The van der Waals surface area contributed by atoms with Crippen LogP contribution in [0.3, 0.4) is 0 Å². The zero-order valence-corrected chi connectivity index (χ0v) is 10.5. The van der Waals surface area contributed by atoms with Gasteiger partial charge in [0.1, 0.15) is 0 Å². The molecule has 1 aliphatic rings. The van der Waals surface area contributed by atoms with E-state index in [0.717, 1.165) is 12.8 Å². The zero-order chi connectivity index (χ0) is 12.2. The lowest BCUT2D eigenvalue weighted by Crippen LogP contribution is -2.45. The second-order valence-electron chi connectivity index (χ2n) is 4.04. The summed E-state index contributed by atoms with van der Waals surface area (Å²) >= 11 is 0. The quantitative estimate of drug-likeness (QED) is 0.577. The van der Waals surface area contributed by atoms with E-state index >= 15 is 0 Å². The van der Waals surface area contributed by atoms with Crippen molar-refractivity contribution in [3.05, 3.63) is 0 Å². The first kappa shape index (κ1) is 13.9. The zero-order valence-electron chi connectivity index (χ0n) is 9.67. The summed E-state index contributed by atoms with van der Waals surface area (Å²) in [6.07, 6.45) is 2.43. The van der Waals surface area contributed by atoms with E-state index in [1.54, 1.807) is 7.05 Å². The molecule has 1 saturated carbocycles. The molecule has 0 saturated heterocycles. The Balaban J connectivity index is 2.64. The van der Waals surface area contributed by atoms with Gasteiger partial charge in [-0.15, -0.1) is 0 Å². The molecule has 0 aromatic rings. The monoisotopic (exact) mass is 251 g/mol. The summed E-state index contributed by atoms with van der Waals surface area (Å²) in [7, 11) is -1.87. The maximum atomic E-state index is 12.1. The summed E-state index contributed by atoms with van der Waals surface area (Å²) in [6.45, 7) is 0.942. The van der Waals surface area contributed by atoms with Gasteiger partial charge in [0.2, 0.25) is 0 Å². The molecule has 0 aromatic carbocycles. The first-order chi connectivity index (χ1) is 7.54. The third-order valence-electron chi connectivity index (χ3n) is 2.64. The van der Waals surface area contributed by atoms with Crippen molar-refractivity contribution < 1.29 is 13.5 Å². The molecule has 6 nitrogen and oxygen atoms in total. The van der Waals surface area contributed by atoms with E-state index in [1.807, 2.05) is 0 Å².